The molecule has 1 aliphatic carbocycles. The fraction of sp³-hybridized carbons (Fsp3) is 1.00. The summed E-state index contributed by atoms with van der Waals surface area (Å²) in [6.07, 6.45) is 6.94. The molecule has 1 heterocycles. The van der Waals surface area contributed by atoms with Crippen LogP contribution in [0.25, 0.3) is 0 Å². The van der Waals surface area contributed by atoms with Gasteiger partial charge in [-0.2, -0.15) is 0 Å². The minimum absolute atomic E-state index is 0.817. The van der Waals surface area contributed by atoms with Crippen LogP contribution < -0.4 is 5.73 Å². The molecule has 0 amide bonds. The average Bonchev–Trinajstić information content (AvgIpc) is 2.71. The zero-order valence-electron chi connectivity index (χ0n) is 8.71. The Kier molecular flexibility index (Phi) is 2.89. The van der Waals surface area contributed by atoms with E-state index in [4.69, 9.17) is 5.73 Å². The van der Waals surface area contributed by atoms with Gasteiger partial charge < -0.3 is 5.73 Å². The molecule has 0 radical (unpaired) electrons. The Morgan fingerprint density at radius 3 is 2.69 bits per heavy atom. The van der Waals surface area contributed by atoms with E-state index in [0.717, 1.165) is 24.5 Å². The van der Waals surface area contributed by atoms with Crippen molar-refractivity contribution in [2.24, 2.45) is 11.7 Å². The van der Waals surface area contributed by atoms with Gasteiger partial charge in [0, 0.05) is 12.1 Å². The normalized spacial score (nSPS) is 41.5. The Morgan fingerprint density at radius 2 is 2.15 bits per heavy atom. The van der Waals surface area contributed by atoms with E-state index >= 15 is 0 Å². The average molecular weight is 182 g/mol. The molecule has 0 aromatic heterocycles. The maximum Gasteiger partial charge on any atom is 0.0101 e. The standard InChI is InChI=1S/C11H22N2/c1-9-3-2-6-13(9)11-5-4-10(7-11)8-12/h9-11H,2-8,12H2,1H3. The third-order valence-corrected chi connectivity index (χ3v) is 3.92. The minimum Gasteiger partial charge on any atom is -0.330 e. The summed E-state index contributed by atoms with van der Waals surface area (Å²) < 4.78 is 0. The van der Waals surface area contributed by atoms with Crippen molar-refractivity contribution < 1.29 is 0 Å². The molecule has 2 fully saturated rings. The topological polar surface area (TPSA) is 29.3 Å². The van der Waals surface area contributed by atoms with Gasteiger partial charge in [-0.3, -0.25) is 4.90 Å². The van der Waals surface area contributed by atoms with E-state index in [0.29, 0.717) is 0 Å². The fourth-order valence-electron chi connectivity index (χ4n) is 3.06. The van der Waals surface area contributed by atoms with Crippen molar-refractivity contribution >= 4 is 0 Å². The molecular weight excluding hydrogens is 160 g/mol. The first-order chi connectivity index (χ1) is 6.31. The molecule has 2 aliphatic rings. The summed E-state index contributed by atoms with van der Waals surface area (Å²) in [5.74, 6) is 0.817. The molecule has 76 valence electrons. The summed E-state index contributed by atoms with van der Waals surface area (Å²) >= 11 is 0. The number of hydrogen-bond acceptors (Lipinski definition) is 2. The van der Waals surface area contributed by atoms with Crippen LogP contribution >= 0.6 is 0 Å². The Labute approximate surface area is 81.5 Å². The largest absolute Gasteiger partial charge is 0.330 e. The predicted molar refractivity (Wildman–Crippen MR) is 55.6 cm³/mol. The van der Waals surface area contributed by atoms with Crippen molar-refractivity contribution in [3.63, 3.8) is 0 Å². The lowest BCUT2D eigenvalue weighted by atomic mass is 10.1. The first-order valence-corrected chi connectivity index (χ1v) is 5.77. The molecule has 3 atom stereocenters. The van der Waals surface area contributed by atoms with Gasteiger partial charge in [0.15, 0.2) is 0 Å². The molecule has 0 aromatic carbocycles. The Morgan fingerprint density at radius 1 is 1.31 bits per heavy atom. The molecule has 0 aromatic rings. The summed E-state index contributed by atoms with van der Waals surface area (Å²) in [7, 11) is 0. The maximum atomic E-state index is 5.71. The van der Waals surface area contributed by atoms with E-state index in [1.807, 2.05) is 0 Å². The van der Waals surface area contributed by atoms with E-state index in [1.54, 1.807) is 0 Å². The predicted octanol–water partition coefficient (Wildman–Crippen LogP) is 1.60. The van der Waals surface area contributed by atoms with Crippen molar-refractivity contribution in [2.45, 2.75) is 51.1 Å². The molecule has 1 saturated carbocycles. The van der Waals surface area contributed by atoms with Gasteiger partial charge in [-0.05, 0) is 58.0 Å². The molecule has 3 unspecified atom stereocenters. The molecule has 13 heavy (non-hydrogen) atoms. The highest BCUT2D eigenvalue weighted by atomic mass is 15.2. The second kappa shape index (κ2) is 3.97. The fourth-order valence-corrected chi connectivity index (χ4v) is 3.06. The summed E-state index contributed by atoms with van der Waals surface area (Å²) in [6, 6.07) is 1.70. The van der Waals surface area contributed by atoms with E-state index in [1.165, 1.54) is 38.6 Å². The van der Waals surface area contributed by atoms with Crippen LogP contribution in [0.1, 0.15) is 39.0 Å². The second-order valence-electron chi connectivity index (χ2n) is 4.80. The Balaban J connectivity index is 1.88. The molecule has 2 nitrogen and oxygen atoms in total. The lowest BCUT2D eigenvalue weighted by Crippen LogP contribution is -2.36. The molecule has 1 aliphatic heterocycles. The van der Waals surface area contributed by atoms with Crippen LogP contribution in [0, 0.1) is 5.92 Å². The third kappa shape index (κ3) is 1.89. The van der Waals surface area contributed by atoms with E-state index in [9.17, 15) is 0 Å². The summed E-state index contributed by atoms with van der Waals surface area (Å²) in [6.45, 7) is 4.62. The van der Waals surface area contributed by atoms with Gasteiger partial charge in [0.25, 0.3) is 0 Å². The SMILES string of the molecule is CC1CCCN1C1CCC(CN)C1. The molecule has 2 heteroatoms. The van der Waals surface area contributed by atoms with Crippen molar-refractivity contribution in [3.8, 4) is 0 Å². The zero-order valence-corrected chi connectivity index (χ0v) is 8.71. The quantitative estimate of drug-likeness (QED) is 0.703. The van der Waals surface area contributed by atoms with Crippen LogP contribution in [0.3, 0.4) is 0 Å². The van der Waals surface area contributed by atoms with E-state index in [-0.39, 0.29) is 0 Å². The van der Waals surface area contributed by atoms with Crippen LogP contribution in [0.15, 0.2) is 0 Å². The van der Waals surface area contributed by atoms with Crippen LogP contribution in [0.5, 0.6) is 0 Å². The van der Waals surface area contributed by atoms with Crippen molar-refractivity contribution in [1.82, 2.24) is 4.90 Å². The third-order valence-electron chi connectivity index (χ3n) is 3.92. The van der Waals surface area contributed by atoms with Crippen LogP contribution in [0.2, 0.25) is 0 Å². The lowest BCUT2D eigenvalue weighted by Gasteiger charge is -2.28. The van der Waals surface area contributed by atoms with Gasteiger partial charge in [-0.1, -0.05) is 0 Å². The lowest BCUT2D eigenvalue weighted by molar-refractivity contribution is 0.189. The minimum atomic E-state index is 0.817. The van der Waals surface area contributed by atoms with Crippen LogP contribution in [0.4, 0.5) is 0 Å². The highest BCUT2D eigenvalue weighted by Crippen LogP contribution is 2.32. The van der Waals surface area contributed by atoms with Crippen molar-refractivity contribution in [1.29, 1.82) is 0 Å². The van der Waals surface area contributed by atoms with Gasteiger partial charge in [0.05, 0.1) is 0 Å². The van der Waals surface area contributed by atoms with Crippen molar-refractivity contribution in [2.75, 3.05) is 13.1 Å². The van der Waals surface area contributed by atoms with E-state index < -0.39 is 0 Å². The van der Waals surface area contributed by atoms with Crippen LogP contribution in [-0.2, 0) is 0 Å². The molecule has 2 rings (SSSR count). The summed E-state index contributed by atoms with van der Waals surface area (Å²) in [5, 5.41) is 0. The summed E-state index contributed by atoms with van der Waals surface area (Å²) in [4.78, 5) is 2.72. The highest BCUT2D eigenvalue weighted by Gasteiger charge is 2.32. The summed E-state index contributed by atoms with van der Waals surface area (Å²) in [5.41, 5.74) is 5.71. The van der Waals surface area contributed by atoms with Gasteiger partial charge in [-0.25, -0.2) is 0 Å². The maximum absolute atomic E-state index is 5.71. The number of rotatable bonds is 2. The van der Waals surface area contributed by atoms with E-state index in [2.05, 4.69) is 11.8 Å². The van der Waals surface area contributed by atoms with Crippen molar-refractivity contribution in [3.05, 3.63) is 0 Å². The molecular formula is C11H22N2. The number of nitrogens with zero attached hydrogens (tertiary/aromatic N) is 1. The Bertz CT molecular complexity index is 169. The first-order valence-electron chi connectivity index (χ1n) is 5.77. The van der Waals surface area contributed by atoms with Gasteiger partial charge in [-0.15, -0.1) is 0 Å². The molecule has 1 saturated heterocycles. The van der Waals surface area contributed by atoms with Gasteiger partial charge in [0.2, 0.25) is 0 Å². The molecule has 0 bridgehead atoms. The smallest absolute Gasteiger partial charge is 0.0101 e. The van der Waals surface area contributed by atoms with Gasteiger partial charge >= 0.3 is 0 Å². The van der Waals surface area contributed by atoms with Crippen LogP contribution in [-0.4, -0.2) is 30.1 Å². The zero-order chi connectivity index (χ0) is 9.26. The number of nitrogens with two attached hydrogens (primary N) is 1. The Hall–Kier alpha value is -0.0800. The molecule has 0 spiro atoms. The molecule has 2 N–H and O–H groups in total. The number of hydrogen-bond donors (Lipinski definition) is 1. The number of likely N-dealkylation sites (tertiary alicyclic amines) is 1. The first kappa shape index (κ1) is 9.47. The van der Waals surface area contributed by atoms with Gasteiger partial charge in [0.1, 0.15) is 0 Å². The second-order valence-corrected chi connectivity index (χ2v) is 4.80. The monoisotopic (exact) mass is 182 g/mol. The highest BCUT2D eigenvalue weighted by molar-refractivity contribution is 4.88.